The van der Waals surface area contributed by atoms with Crippen molar-refractivity contribution >= 4 is 17.2 Å². The van der Waals surface area contributed by atoms with E-state index in [0.717, 1.165) is 47.8 Å². The minimum atomic E-state index is 0.139. The number of methoxy groups -OCH3 is 1. The molecule has 1 atom stereocenters. The lowest BCUT2D eigenvalue weighted by atomic mass is 10.0. The van der Waals surface area contributed by atoms with Crippen LogP contribution in [0.15, 0.2) is 29.6 Å². The zero-order valence-corrected chi connectivity index (χ0v) is 14.4. The Bertz CT molecular complexity index is 683. The number of aromatic nitrogens is 1. The third-order valence-electron chi connectivity index (χ3n) is 4.23. The maximum atomic E-state index is 12.8. The molecule has 1 aliphatic rings. The van der Waals surface area contributed by atoms with Gasteiger partial charge in [-0.2, -0.15) is 0 Å². The molecule has 1 aromatic heterocycles. The number of nitrogens with zero attached hydrogens (tertiary/aromatic N) is 2. The van der Waals surface area contributed by atoms with Crippen LogP contribution in [0, 0.1) is 6.92 Å². The molecule has 3 rings (SSSR count). The largest absolute Gasteiger partial charge is 0.497 e. The number of thiazole rings is 1. The molecule has 0 spiro atoms. The molecule has 122 valence electrons. The van der Waals surface area contributed by atoms with Crippen LogP contribution in [-0.2, 0) is 11.2 Å². The molecule has 5 heteroatoms. The minimum absolute atomic E-state index is 0.139. The second-order valence-corrected chi connectivity index (χ2v) is 6.84. The second-order valence-electron chi connectivity index (χ2n) is 5.95. The number of aryl methyl sites for hydroxylation is 1. The normalized spacial score (nSPS) is 18.0. The van der Waals surface area contributed by atoms with E-state index in [4.69, 9.17) is 4.74 Å². The Morgan fingerprint density at radius 1 is 1.43 bits per heavy atom. The lowest BCUT2D eigenvalue weighted by Gasteiger charge is -2.34. The van der Waals surface area contributed by atoms with Gasteiger partial charge in [-0.3, -0.25) is 4.79 Å². The fourth-order valence-electron chi connectivity index (χ4n) is 3.07. The maximum absolute atomic E-state index is 12.8. The number of likely N-dealkylation sites (tertiary alicyclic amines) is 1. The monoisotopic (exact) mass is 330 g/mol. The smallest absolute Gasteiger partial charge is 0.227 e. The average molecular weight is 330 g/mol. The van der Waals surface area contributed by atoms with Crippen LogP contribution in [0.2, 0.25) is 0 Å². The van der Waals surface area contributed by atoms with Gasteiger partial charge in [-0.25, -0.2) is 4.98 Å². The van der Waals surface area contributed by atoms with Crippen LogP contribution in [0.5, 0.6) is 5.75 Å². The topological polar surface area (TPSA) is 42.4 Å². The van der Waals surface area contributed by atoms with Gasteiger partial charge in [0.05, 0.1) is 19.6 Å². The third-order valence-corrected chi connectivity index (χ3v) is 5.30. The van der Waals surface area contributed by atoms with Gasteiger partial charge in [-0.1, -0.05) is 12.1 Å². The molecule has 0 saturated carbocycles. The number of hydrogen-bond donors (Lipinski definition) is 0. The fourth-order valence-corrected chi connectivity index (χ4v) is 4.01. The van der Waals surface area contributed by atoms with E-state index < -0.39 is 0 Å². The number of rotatable bonds is 4. The average Bonchev–Trinajstić information content (AvgIpc) is 3.01. The Hall–Kier alpha value is -1.88. The number of piperidine rings is 1. The van der Waals surface area contributed by atoms with Crippen molar-refractivity contribution in [2.75, 3.05) is 13.7 Å². The molecule has 0 radical (unpaired) electrons. The fraction of sp³-hybridized carbons (Fsp3) is 0.444. The molecular weight excluding hydrogens is 308 g/mol. The van der Waals surface area contributed by atoms with E-state index in [1.54, 1.807) is 18.4 Å². The van der Waals surface area contributed by atoms with Crippen LogP contribution >= 0.6 is 11.3 Å². The summed E-state index contributed by atoms with van der Waals surface area (Å²) >= 11 is 1.66. The summed E-state index contributed by atoms with van der Waals surface area (Å²) in [6, 6.07) is 7.88. The summed E-state index contributed by atoms with van der Waals surface area (Å²) < 4.78 is 5.24. The predicted molar refractivity (Wildman–Crippen MR) is 91.9 cm³/mol. The summed E-state index contributed by atoms with van der Waals surface area (Å²) in [6.45, 7) is 2.83. The highest BCUT2D eigenvalue weighted by molar-refractivity contribution is 7.09. The number of hydrogen-bond acceptors (Lipinski definition) is 4. The second kappa shape index (κ2) is 7.13. The van der Waals surface area contributed by atoms with Crippen molar-refractivity contribution in [1.82, 2.24) is 9.88 Å². The lowest BCUT2D eigenvalue weighted by molar-refractivity contribution is -0.134. The number of carbonyl (C=O) groups is 1. The van der Waals surface area contributed by atoms with Gasteiger partial charge in [-0.05, 0) is 43.9 Å². The Morgan fingerprint density at radius 3 is 3.04 bits per heavy atom. The van der Waals surface area contributed by atoms with Crippen LogP contribution in [0.1, 0.15) is 41.6 Å². The summed E-state index contributed by atoms with van der Waals surface area (Å²) in [5, 5.41) is 3.13. The van der Waals surface area contributed by atoms with Crippen molar-refractivity contribution in [2.45, 2.75) is 38.6 Å². The van der Waals surface area contributed by atoms with Crippen LogP contribution in [0.3, 0.4) is 0 Å². The first kappa shape index (κ1) is 16.0. The molecule has 2 heterocycles. The van der Waals surface area contributed by atoms with Crippen LogP contribution in [0.25, 0.3) is 0 Å². The molecule has 1 aromatic carbocycles. The van der Waals surface area contributed by atoms with Crippen molar-refractivity contribution in [2.24, 2.45) is 0 Å². The summed E-state index contributed by atoms with van der Waals surface area (Å²) in [6.07, 6.45) is 3.66. The van der Waals surface area contributed by atoms with Gasteiger partial charge in [0.25, 0.3) is 0 Å². The summed E-state index contributed by atoms with van der Waals surface area (Å²) in [5.74, 6) is 0.969. The van der Waals surface area contributed by atoms with E-state index in [1.807, 2.05) is 36.1 Å². The van der Waals surface area contributed by atoms with E-state index in [2.05, 4.69) is 10.4 Å². The van der Waals surface area contributed by atoms with Crippen molar-refractivity contribution in [3.05, 3.63) is 45.9 Å². The molecular formula is C18H22N2O2S. The van der Waals surface area contributed by atoms with E-state index in [-0.39, 0.29) is 11.9 Å². The Labute approximate surface area is 141 Å². The minimum Gasteiger partial charge on any atom is -0.497 e. The van der Waals surface area contributed by atoms with Crippen LogP contribution < -0.4 is 4.74 Å². The maximum Gasteiger partial charge on any atom is 0.227 e. The first-order valence-corrected chi connectivity index (χ1v) is 8.90. The highest BCUT2D eigenvalue weighted by atomic mass is 32.1. The number of amides is 1. The number of ether oxygens (including phenoxy) is 1. The first-order chi connectivity index (χ1) is 11.2. The SMILES string of the molecule is COc1cccc(CC(=O)N2CCCCC2c2nc(C)cs2)c1. The summed E-state index contributed by atoms with van der Waals surface area (Å²) in [7, 11) is 1.65. The molecule has 4 nitrogen and oxygen atoms in total. The molecule has 23 heavy (non-hydrogen) atoms. The van der Waals surface area contributed by atoms with Gasteiger partial charge in [0.2, 0.25) is 5.91 Å². The zero-order chi connectivity index (χ0) is 16.2. The quantitative estimate of drug-likeness (QED) is 0.857. The molecule has 1 aliphatic heterocycles. The van der Waals surface area contributed by atoms with Crippen molar-refractivity contribution < 1.29 is 9.53 Å². The molecule has 1 unspecified atom stereocenters. The summed E-state index contributed by atoms with van der Waals surface area (Å²) in [4.78, 5) is 19.4. The Morgan fingerprint density at radius 2 is 2.30 bits per heavy atom. The van der Waals surface area contributed by atoms with Gasteiger partial charge in [0.15, 0.2) is 0 Å². The third kappa shape index (κ3) is 3.72. The van der Waals surface area contributed by atoms with Gasteiger partial charge < -0.3 is 9.64 Å². The highest BCUT2D eigenvalue weighted by Crippen LogP contribution is 2.33. The summed E-state index contributed by atoms with van der Waals surface area (Å²) in [5.41, 5.74) is 2.03. The molecule has 1 fully saturated rings. The molecule has 0 N–H and O–H groups in total. The predicted octanol–water partition coefficient (Wildman–Crippen LogP) is 3.76. The van der Waals surface area contributed by atoms with Crippen LogP contribution in [0.4, 0.5) is 0 Å². The molecule has 0 aliphatic carbocycles. The van der Waals surface area contributed by atoms with Gasteiger partial charge in [0, 0.05) is 17.6 Å². The lowest BCUT2D eigenvalue weighted by Crippen LogP contribution is -2.39. The molecule has 0 bridgehead atoms. The highest BCUT2D eigenvalue weighted by Gasteiger charge is 2.29. The van der Waals surface area contributed by atoms with E-state index >= 15 is 0 Å². The molecule has 2 aromatic rings. The number of benzene rings is 1. The van der Waals surface area contributed by atoms with E-state index in [1.165, 1.54) is 0 Å². The van der Waals surface area contributed by atoms with E-state index in [9.17, 15) is 4.79 Å². The first-order valence-electron chi connectivity index (χ1n) is 8.02. The Balaban J connectivity index is 1.75. The zero-order valence-electron chi connectivity index (χ0n) is 13.6. The van der Waals surface area contributed by atoms with Crippen molar-refractivity contribution in [3.63, 3.8) is 0 Å². The van der Waals surface area contributed by atoms with Crippen molar-refractivity contribution in [3.8, 4) is 5.75 Å². The van der Waals surface area contributed by atoms with Gasteiger partial charge >= 0.3 is 0 Å². The van der Waals surface area contributed by atoms with Gasteiger partial charge in [0.1, 0.15) is 10.8 Å². The molecule has 1 saturated heterocycles. The number of carbonyl (C=O) groups excluding carboxylic acids is 1. The van der Waals surface area contributed by atoms with Crippen LogP contribution in [-0.4, -0.2) is 29.4 Å². The molecule has 1 amide bonds. The van der Waals surface area contributed by atoms with E-state index in [0.29, 0.717) is 6.42 Å². The standard InChI is InChI=1S/C18H22N2O2S/c1-13-12-23-18(19-13)16-8-3-4-9-20(16)17(21)11-14-6-5-7-15(10-14)22-2/h5-7,10,12,16H,3-4,8-9,11H2,1-2H3. The van der Waals surface area contributed by atoms with Gasteiger partial charge in [-0.15, -0.1) is 11.3 Å². The Kier molecular flexibility index (Phi) is 4.96. The van der Waals surface area contributed by atoms with Crippen molar-refractivity contribution in [1.29, 1.82) is 0 Å².